The molecule has 0 saturated carbocycles. The van der Waals surface area contributed by atoms with Gasteiger partial charge < -0.3 is 4.90 Å². The van der Waals surface area contributed by atoms with E-state index in [9.17, 15) is 0 Å². The molecule has 0 saturated heterocycles. The van der Waals surface area contributed by atoms with Crippen LogP contribution in [0.3, 0.4) is 0 Å². The van der Waals surface area contributed by atoms with Gasteiger partial charge in [-0.3, -0.25) is 0 Å². The summed E-state index contributed by atoms with van der Waals surface area (Å²) in [6, 6.07) is 29.9. The van der Waals surface area contributed by atoms with E-state index in [1.807, 2.05) is 66.7 Å². The van der Waals surface area contributed by atoms with E-state index in [4.69, 9.17) is 0 Å². The predicted octanol–water partition coefficient (Wildman–Crippen LogP) is 6.63. The summed E-state index contributed by atoms with van der Waals surface area (Å²) in [6.45, 7) is 6.52. The van der Waals surface area contributed by atoms with Gasteiger partial charge in [-0.25, -0.2) is 0 Å². The van der Waals surface area contributed by atoms with Crippen LogP contribution in [-0.4, -0.2) is 13.1 Å². The van der Waals surface area contributed by atoms with E-state index in [-0.39, 0.29) is 0 Å². The number of hydrogen-bond donors (Lipinski definition) is 0. The van der Waals surface area contributed by atoms with E-state index in [1.165, 1.54) is 5.69 Å². The monoisotopic (exact) mass is 331 g/mol. The number of rotatable bonds is 5. The molecule has 0 aromatic heterocycles. The van der Waals surface area contributed by atoms with Gasteiger partial charge in [0.1, 0.15) is 0 Å². The Labute approximate surface area is 150 Å². The van der Waals surface area contributed by atoms with Crippen molar-refractivity contribution in [1.82, 2.24) is 0 Å². The zero-order chi connectivity index (χ0) is 17.7. The minimum atomic E-state index is 0.872. The molecule has 0 aliphatic carbocycles. The van der Waals surface area contributed by atoms with Crippen LogP contribution in [0.25, 0.3) is 0 Å². The highest BCUT2D eigenvalue weighted by Gasteiger charge is 1.97. The average molecular weight is 331 g/mol. The number of azo groups is 1. The molecule has 3 aromatic rings. The lowest BCUT2D eigenvalue weighted by molar-refractivity contribution is 0.866. The van der Waals surface area contributed by atoms with Crippen molar-refractivity contribution in [2.75, 3.05) is 18.0 Å². The van der Waals surface area contributed by atoms with Crippen LogP contribution in [0.15, 0.2) is 101 Å². The number of anilines is 1. The van der Waals surface area contributed by atoms with Gasteiger partial charge in [0.2, 0.25) is 0 Å². The molecular weight excluding hydrogens is 306 g/mol. The van der Waals surface area contributed by atoms with E-state index in [0.717, 1.165) is 24.5 Å². The number of para-hydroxylation sites is 1. The summed E-state index contributed by atoms with van der Waals surface area (Å²) in [5, 5.41) is 8.20. The van der Waals surface area contributed by atoms with Gasteiger partial charge in [0, 0.05) is 18.8 Å². The van der Waals surface area contributed by atoms with Crippen molar-refractivity contribution in [3.05, 3.63) is 91.0 Å². The zero-order valence-electron chi connectivity index (χ0n) is 14.9. The molecule has 0 spiro atoms. The second kappa shape index (κ2) is 10.8. The average Bonchev–Trinajstić information content (AvgIpc) is 2.70. The van der Waals surface area contributed by atoms with Crippen molar-refractivity contribution >= 4 is 17.1 Å². The fourth-order valence-electron chi connectivity index (χ4n) is 2.33. The first-order valence-electron chi connectivity index (χ1n) is 8.65. The minimum Gasteiger partial charge on any atom is -0.372 e. The summed E-state index contributed by atoms with van der Waals surface area (Å²) in [7, 11) is 0. The molecule has 128 valence electrons. The Morgan fingerprint density at radius 3 is 1.28 bits per heavy atom. The minimum absolute atomic E-state index is 0.872. The Morgan fingerprint density at radius 2 is 0.920 bits per heavy atom. The summed E-state index contributed by atoms with van der Waals surface area (Å²) in [5.74, 6) is 0. The molecule has 0 heterocycles. The first-order valence-corrected chi connectivity index (χ1v) is 8.65. The largest absolute Gasteiger partial charge is 0.372 e. The fourth-order valence-corrected chi connectivity index (χ4v) is 2.33. The maximum Gasteiger partial charge on any atom is 0.0857 e. The molecule has 0 aliphatic heterocycles. The highest BCUT2D eigenvalue weighted by atomic mass is 15.1. The Bertz CT molecular complexity index is 679. The molecule has 3 heteroatoms. The molecule has 3 rings (SSSR count). The highest BCUT2D eigenvalue weighted by molar-refractivity contribution is 5.45. The van der Waals surface area contributed by atoms with Crippen molar-refractivity contribution in [3.8, 4) is 0 Å². The summed E-state index contributed by atoms with van der Waals surface area (Å²) in [4.78, 5) is 2.33. The lowest BCUT2D eigenvalue weighted by atomic mass is 10.3. The van der Waals surface area contributed by atoms with Crippen LogP contribution in [0.2, 0.25) is 0 Å². The second-order valence-corrected chi connectivity index (χ2v) is 5.38. The molecule has 3 aromatic carbocycles. The molecular formula is C22H25N3. The molecule has 25 heavy (non-hydrogen) atoms. The third-order valence-corrected chi connectivity index (χ3v) is 3.68. The number of hydrogen-bond acceptors (Lipinski definition) is 3. The van der Waals surface area contributed by atoms with Crippen LogP contribution in [0.5, 0.6) is 0 Å². The van der Waals surface area contributed by atoms with Crippen LogP contribution in [0.1, 0.15) is 13.8 Å². The molecule has 0 unspecified atom stereocenters. The third kappa shape index (κ3) is 6.60. The van der Waals surface area contributed by atoms with Gasteiger partial charge in [-0.1, -0.05) is 54.6 Å². The quantitative estimate of drug-likeness (QED) is 0.482. The molecule has 0 atom stereocenters. The van der Waals surface area contributed by atoms with Gasteiger partial charge in [-0.05, 0) is 50.2 Å². The fraction of sp³-hybridized carbons (Fsp3) is 0.182. The normalized spacial score (nSPS) is 10.2. The second-order valence-electron chi connectivity index (χ2n) is 5.38. The van der Waals surface area contributed by atoms with Gasteiger partial charge in [0.15, 0.2) is 0 Å². The summed E-state index contributed by atoms with van der Waals surface area (Å²) >= 11 is 0. The van der Waals surface area contributed by atoms with Crippen LogP contribution in [0.4, 0.5) is 17.1 Å². The summed E-state index contributed by atoms with van der Waals surface area (Å²) < 4.78 is 0. The summed E-state index contributed by atoms with van der Waals surface area (Å²) in [5.41, 5.74) is 3.06. The molecule has 0 aliphatic rings. The van der Waals surface area contributed by atoms with E-state index in [2.05, 4.69) is 53.2 Å². The predicted molar refractivity (Wildman–Crippen MR) is 107 cm³/mol. The number of nitrogens with zero attached hydrogens (tertiary/aromatic N) is 3. The van der Waals surface area contributed by atoms with Crippen LogP contribution in [-0.2, 0) is 0 Å². The van der Waals surface area contributed by atoms with Gasteiger partial charge in [0.25, 0.3) is 0 Å². The van der Waals surface area contributed by atoms with Gasteiger partial charge in [-0.15, -0.1) is 0 Å². The van der Waals surface area contributed by atoms with Crippen molar-refractivity contribution in [3.63, 3.8) is 0 Å². The third-order valence-electron chi connectivity index (χ3n) is 3.68. The van der Waals surface area contributed by atoms with E-state index in [1.54, 1.807) is 0 Å². The molecule has 0 amide bonds. The van der Waals surface area contributed by atoms with Crippen LogP contribution >= 0.6 is 0 Å². The molecule has 3 nitrogen and oxygen atoms in total. The van der Waals surface area contributed by atoms with Gasteiger partial charge in [0.05, 0.1) is 11.4 Å². The topological polar surface area (TPSA) is 28.0 Å². The maximum absolute atomic E-state index is 4.10. The van der Waals surface area contributed by atoms with Crippen molar-refractivity contribution < 1.29 is 0 Å². The van der Waals surface area contributed by atoms with Crippen molar-refractivity contribution in [1.29, 1.82) is 0 Å². The number of benzene rings is 3. The van der Waals surface area contributed by atoms with E-state index >= 15 is 0 Å². The maximum atomic E-state index is 4.10. The van der Waals surface area contributed by atoms with Crippen molar-refractivity contribution in [2.45, 2.75) is 13.8 Å². The molecule has 0 radical (unpaired) electrons. The van der Waals surface area contributed by atoms with Crippen molar-refractivity contribution in [2.24, 2.45) is 10.2 Å². The Morgan fingerprint density at radius 1 is 0.560 bits per heavy atom. The Hall–Kier alpha value is -2.94. The lowest BCUT2D eigenvalue weighted by Crippen LogP contribution is -2.21. The Kier molecular flexibility index (Phi) is 7.92. The standard InChI is InChI=1S/C12H10N2.C10H15N/c1-3-7-11(8-4-1)13-14-12-9-5-2-6-10-12;1-3-11(4-2)10-8-6-5-7-9-10/h1-10H;5-9H,3-4H2,1-2H3/b14-13+;. The Balaban J connectivity index is 0.000000186. The first kappa shape index (κ1) is 18.4. The van der Waals surface area contributed by atoms with E-state index in [0.29, 0.717) is 0 Å². The van der Waals surface area contributed by atoms with E-state index < -0.39 is 0 Å². The smallest absolute Gasteiger partial charge is 0.0857 e. The zero-order valence-corrected chi connectivity index (χ0v) is 14.9. The molecule has 0 bridgehead atoms. The lowest BCUT2D eigenvalue weighted by Gasteiger charge is -2.20. The van der Waals surface area contributed by atoms with Crippen LogP contribution < -0.4 is 4.90 Å². The van der Waals surface area contributed by atoms with Gasteiger partial charge in [-0.2, -0.15) is 10.2 Å². The molecule has 0 N–H and O–H groups in total. The SMILES string of the molecule is CCN(CC)c1ccccc1.c1ccc(/N=N/c2ccccc2)cc1. The highest BCUT2D eigenvalue weighted by Crippen LogP contribution is 2.16. The van der Waals surface area contributed by atoms with Crippen LogP contribution in [0, 0.1) is 0 Å². The van der Waals surface area contributed by atoms with Gasteiger partial charge >= 0.3 is 0 Å². The summed E-state index contributed by atoms with van der Waals surface area (Å²) in [6.07, 6.45) is 0. The molecule has 0 fully saturated rings. The first-order chi connectivity index (χ1) is 12.3.